The number of carbonyl (C=O) groups excluding carboxylic acids is 1. The number of likely N-dealkylation sites (N-methyl/N-ethyl adjacent to an activating group) is 1. The first-order valence-electron chi connectivity index (χ1n) is 6.84. The quantitative estimate of drug-likeness (QED) is 0.806. The van der Waals surface area contributed by atoms with Gasteiger partial charge in [0.05, 0.1) is 4.90 Å². The molecular formula is C14H19BrN2O3S. The first-order chi connectivity index (χ1) is 9.82. The molecular weight excluding hydrogens is 356 g/mol. The first kappa shape index (κ1) is 16.5. The summed E-state index contributed by atoms with van der Waals surface area (Å²) in [4.78, 5) is 16.8. The van der Waals surface area contributed by atoms with Crippen molar-refractivity contribution in [1.29, 1.82) is 0 Å². The van der Waals surface area contributed by atoms with E-state index in [1.807, 2.05) is 4.90 Å². The molecule has 0 bridgehead atoms. The fourth-order valence-electron chi connectivity index (χ4n) is 2.38. The fourth-order valence-corrected chi connectivity index (χ4v) is 4.37. The molecule has 0 unspecified atom stereocenters. The number of amides is 1. The Hall–Kier alpha value is -0.920. The Morgan fingerprint density at radius 1 is 1.24 bits per heavy atom. The van der Waals surface area contributed by atoms with Crippen molar-refractivity contribution >= 4 is 31.7 Å². The lowest BCUT2D eigenvalue weighted by atomic mass is 10.2. The fraction of sp³-hybridized carbons (Fsp3) is 0.500. The van der Waals surface area contributed by atoms with E-state index in [-0.39, 0.29) is 10.8 Å². The van der Waals surface area contributed by atoms with Crippen molar-refractivity contribution in [1.82, 2.24) is 9.80 Å². The molecule has 0 aromatic heterocycles. The normalized spacial score (nSPS) is 17.0. The van der Waals surface area contributed by atoms with E-state index in [1.54, 1.807) is 12.1 Å². The molecule has 0 radical (unpaired) electrons. The highest BCUT2D eigenvalue weighted by Gasteiger charge is 2.22. The molecule has 1 saturated heterocycles. The number of carbonyl (C=O) groups is 1. The summed E-state index contributed by atoms with van der Waals surface area (Å²) in [6.45, 7) is 6.28. The summed E-state index contributed by atoms with van der Waals surface area (Å²) in [5.41, 5.74) is 0.513. The van der Waals surface area contributed by atoms with E-state index in [9.17, 15) is 13.2 Å². The van der Waals surface area contributed by atoms with Crippen LogP contribution < -0.4 is 0 Å². The maximum absolute atomic E-state index is 12.4. The molecule has 1 aromatic carbocycles. The van der Waals surface area contributed by atoms with Gasteiger partial charge in [0.25, 0.3) is 5.91 Å². The molecule has 0 saturated carbocycles. The lowest BCUT2D eigenvalue weighted by molar-refractivity contribution is 0.0643. The SMILES string of the molecule is CCN1CCN(C(=O)c2ccc(S(C)(=O)=O)c(Br)c2)CC1. The molecule has 0 aliphatic carbocycles. The highest BCUT2D eigenvalue weighted by Crippen LogP contribution is 2.24. The van der Waals surface area contributed by atoms with Crippen molar-refractivity contribution in [2.75, 3.05) is 39.0 Å². The van der Waals surface area contributed by atoms with Gasteiger partial charge in [-0.05, 0) is 40.7 Å². The van der Waals surface area contributed by atoms with Crippen LogP contribution in [0.2, 0.25) is 0 Å². The second-order valence-corrected chi connectivity index (χ2v) is 7.98. The number of nitrogens with zero attached hydrogens (tertiary/aromatic N) is 2. The summed E-state index contributed by atoms with van der Waals surface area (Å²) < 4.78 is 23.6. The monoisotopic (exact) mass is 374 g/mol. The minimum Gasteiger partial charge on any atom is -0.336 e. The number of piperazine rings is 1. The second kappa shape index (κ2) is 6.46. The van der Waals surface area contributed by atoms with Crippen molar-refractivity contribution in [3.05, 3.63) is 28.2 Å². The average Bonchev–Trinajstić information content (AvgIpc) is 2.45. The molecule has 7 heteroatoms. The van der Waals surface area contributed by atoms with Gasteiger partial charge < -0.3 is 9.80 Å². The summed E-state index contributed by atoms with van der Waals surface area (Å²) in [5.74, 6) is -0.0495. The van der Waals surface area contributed by atoms with Crippen molar-refractivity contribution < 1.29 is 13.2 Å². The highest BCUT2D eigenvalue weighted by atomic mass is 79.9. The third-order valence-electron chi connectivity index (χ3n) is 3.69. The highest BCUT2D eigenvalue weighted by molar-refractivity contribution is 9.10. The number of hydrogen-bond donors (Lipinski definition) is 0. The second-order valence-electron chi connectivity index (χ2n) is 5.14. The molecule has 0 N–H and O–H groups in total. The maximum Gasteiger partial charge on any atom is 0.253 e. The zero-order chi connectivity index (χ0) is 15.6. The number of benzene rings is 1. The Kier molecular flexibility index (Phi) is 5.06. The third kappa shape index (κ3) is 3.84. The smallest absolute Gasteiger partial charge is 0.253 e. The minimum atomic E-state index is -3.29. The van der Waals surface area contributed by atoms with E-state index >= 15 is 0 Å². The molecule has 1 aliphatic rings. The van der Waals surface area contributed by atoms with Crippen LogP contribution in [0.3, 0.4) is 0 Å². The number of hydrogen-bond acceptors (Lipinski definition) is 4. The predicted molar refractivity (Wildman–Crippen MR) is 85.3 cm³/mol. The Balaban J connectivity index is 2.16. The topological polar surface area (TPSA) is 57.7 Å². The van der Waals surface area contributed by atoms with Gasteiger partial charge in [0.2, 0.25) is 0 Å². The molecule has 116 valence electrons. The molecule has 1 heterocycles. The number of rotatable bonds is 3. The zero-order valence-corrected chi connectivity index (χ0v) is 14.6. The predicted octanol–water partition coefficient (Wildman–Crippen LogP) is 1.63. The van der Waals surface area contributed by atoms with Crippen LogP contribution in [0.4, 0.5) is 0 Å². The third-order valence-corrected chi connectivity index (χ3v) is 5.76. The van der Waals surface area contributed by atoms with E-state index in [4.69, 9.17) is 0 Å². The van der Waals surface area contributed by atoms with E-state index in [2.05, 4.69) is 27.8 Å². The van der Waals surface area contributed by atoms with E-state index in [0.29, 0.717) is 23.1 Å². The minimum absolute atomic E-state index is 0.0495. The van der Waals surface area contributed by atoms with Crippen LogP contribution >= 0.6 is 15.9 Å². The van der Waals surface area contributed by atoms with Gasteiger partial charge in [0.15, 0.2) is 9.84 Å². The molecule has 1 aliphatic heterocycles. The molecule has 2 rings (SSSR count). The summed E-state index contributed by atoms with van der Waals surface area (Å²) in [5, 5.41) is 0. The van der Waals surface area contributed by atoms with Crippen molar-refractivity contribution in [2.45, 2.75) is 11.8 Å². The van der Waals surface area contributed by atoms with E-state index in [0.717, 1.165) is 25.9 Å². The first-order valence-corrected chi connectivity index (χ1v) is 9.52. The lowest BCUT2D eigenvalue weighted by Crippen LogP contribution is -2.48. The van der Waals surface area contributed by atoms with Crippen LogP contribution in [-0.4, -0.2) is 63.1 Å². The standard InChI is InChI=1S/C14H19BrN2O3S/c1-3-16-6-8-17(9-7-16)14(18)11-4-5-13(12(15)10-11)21(2,19)20/h4-5,10H,3,6-9H2,1-2H3. The Labute approximate surface area is 134 Å². The van der Waals surface area contributed by atoms with Crippen LogP contribution in [0.15, 0.2) is 27.6 Å². The van der Waals surface area contributed by atoms with Gasteiger partial charge in [-0.15, -0.1) is 0 Å². The van der Waals surface area contributed by atoms with Gasteiger partial charge in [-0.2, -0.15) is 0 Å². The Bertz CT molecular complexity index is 638. The number of sulfone groups is 1. The van der Waals surface area contributed by atoms with Gasteiger partial charge in [-0.1, -0.05) is 6.92 Å². The van der Waals surface area contributed by atoms with Gasteiger partial charge in [-0.3, -0.25) is 4.79 Å². The molecule has 1 aromatic rings. The van der Waals surface area contributed by atoms with E-state index in [1.165, 1.54) is 6.07 Å². The van der Waals surface area contributed by atoms with Crippen LogP contribution in [0, 0.1) is 0 Å². The molecule has 5 nitrogen and oxygen atoms in total. The molecule has 0 atom stereocenters. The Morgan fingerprint density at radius 2 is 1.86 bits per heavy atom. The molecule has 0 spiro atoms. The summed E-state index contributed by atoms with van der Waals surface area (Å²) >= 11 is 3.24. The van der Waals surface area contributed by atoms with Crippen molar-refractivity contribution in [3.63, 3.8) is 0 Å². The summed E-state index contributed by atoms with van der Waals surface area (Å²) in [6.07, 6.45) is 1.15. The summed E-state index contributed by atoms with van der Waals surface area (Å²) in [6, 6.07) is 4.65. The largest absolute Gasteiger partial charge is 0.336 e. The maximum atomic E-state index is 12.4. The average molecular weight is 375 g/mol. The van der Waals surface area contributed by atoms with Crippen LogP contribution in [0.1, 0.15) is 17.3 Å². The molecule has 1 amide bonds. The van der Waals surface area contributed by atoms with Crippen LogP contribution in [-0.2, 0) is 9.84 Å². The molecule has 1 fully saturated rings. The van der Waals surface area contributed by atoms with Gasteiger partial charge >= 0.3 is 0 Å². The summed E-state index contributed by atoms with van der Waals surface area (Å²) in [7, 11) is -3.29. The van der Waals surface area contributed by atoms with Crippen molar-refractivity contribution in [3.8, 4) is 0 Å². The number of halogens is 1. The zero-order valence-electron chi connectivity index (χ0n) is 12.2. The van der Waals surface area contributed by atoms with Gasteiger partial charge in [0, 0.05) is 42.5 Å². The lowest BCUT2D eigenvalue weighted by Gasteiger charge is -2.34. The Morgan fingerprint density at radius 3 is 2.33 bits per heavy atom. The molecule has 21 heavy (non-hydrogen) atoms. The van der Waals surface area contributed by atoms with Gasteiger partial charge in [0.1, 0.15) is 0 Å². The van der Waals surface area contributed by atoms with Crippen LogP contribution in [0.25, 0.3) is 0 Å². The van der Waals surface area contributed by atoms with E-state index < -0.39 is 9.84 Å². The van der Waals surface area contributed by atoms with Crippen molar-refractivity contribution in [2.24, 2.45) is 0 Å². The van der Waals surface area contributed by atoms with Crippen LogP contribution in [0.5, 0.6) is 0 Å². The van der Waals surface area contributed by atoms with Gasteiger partial charge in [-0.25, -0.2) is 8.42 Å².